The van der Waals surface area contributed by atoms with Crippen LogP contribution < -0.4 is 0 Å². The summed E-state index contributed by atoms with van der Waals surface area (Å²) in [6, 6.07) is 2.59. The van der Waals surface area contributed by atoms with E-state index in [4.69, 9.17) is 0 Å². The summed E-state index contributed by atoms with van der Waals surface area (Å²) in [4.78, 5) is 0. The quantitative estimate of drug-likeness (QED) is 0.500. The number of hydrogen-bond acceptors (Lipinski definition) is 0. The first-order valence-electron chi connectivity index (χ1n) is 10.8. The Bertz CT molecular complexity index is 926. The van der Waals surface area contributed by atoms with Crippen molar-refractivity contribution in [2.45, 2.75) is 87.5 Å². The molecule has 0 saturated carbocycles. The van der Waals surface area contributed by atoms with E-state index in [0.717, 1.165) is 5.92 Å². The van der Waals surface area contributed by atoms with Gasteiger partial charge in [-0.3, -0.25) is 0 Å². The van der Waals surface area contributed by atoms with Gasteiger partial charge in [-0.25, -0.2) is 0 Å². The van der Waals surface area contributed by atoms with Crippen molar-refractivity contribution in [1.29, 1.82) is 0 Å². The maximum Gasteiger partial charge on any atom is -0.0108 e. The van der Waals surface area contributed by atoms with Gasteiger partial charge in [0.25, 0.3) is 0 Å². The zero-order valence-electron chi connectivity index (χ0n) is 18.9. The first-order valence-corrected chi connectivity index (χ1v) is 10.8. The van der Waals surface area contributed by atoms with Crippen molar-refractivity contribution in [2.75, 3.05) is 0 Å². The topological polar surface area (TPSA) is 0 Å². The molecule has 0 nitrogen and oxygen atoms in total. The molecule has 2 unspecified atom stereocenters. The van der Waals surface area contributed by atoms with Crippen molar-refractivity contribution in [3.63, 3.8) is 0 Å². The van der Waals surface area contributed by atoms with Gasteiger partial charge < -0.3 is 0 Å². The van der Waals surface area contributed by atoms with E-state index >= 15 is 0 Å². The largest absolute Gasteiger partial charge is 0.0616 e. The number of fused-ring (bicyclic) bond motifs is 2. The third kappa shape index (κ3) is 2.63. The lowest BCUT2D eigenvalue weighted by atomic mass is 9.80. The second-order valence-electron chi connectivity index (χ2n) is 10.4. The summed E-state index contributed by atoms with van der Waals surface area (Å²) < 4.78 is 0. The Hall–Kier alpha value is -1.56. The van der Waals surface area contributed by atoms with E-state index in [1.165, 1.54) is 47.1 Å². The zero-order valence-corrected chi connectivity index (χ0v) is 18.9. The van der Waals surface area contributed by atoms with E-state index in [1.807, 2.05) is 0 Å². The Balaban J connectivity index is 2.11. The fraction of sp³-hybridized carbons (Fsp3) is 0.556. The summed E-state index contributed by atoms with van der Waals surface area (Å²) in [5.41, 5.74) is 17.6. The molecule has 0 spiro atoms. The van der Waals surface area contributed by atoms with Gasteiger partial charge in [-0.2, -0.15) is 0 Å². The molecule has 0 bridgehead atoms. The molecule has 2 aromatic carbocycles. The minimum absolute atomic E-state index is 0.387. The van der Waals surface area contributed by atoms with E-state index in [9.17, 15) is 0 Å². The lowest BCUT2D eigenvalue weighted by Gasteiger charge is -2.24. The summed E-state index contributed by atoms with van der Waals surface area (Å²) in [5.74, 6) is 1.43. The van der Waals surface area contributed by atoms with Crippen LogP contribution in [0.1, 0.15) is 83.7 Å². The van der Waals surface area contributed by atoms with Crippen LogP contribution in [0, 0.1) is 46.0 Å². The van der Waals surface area contributed by atoms with Crippen LogP contribution in [-0.2, 0) is 19.3 Å². The van der Waals surface area contributed by atoms with Gasteiger partial charge in [0, 0.05) is 0 Å². The molecule has 2 aliphatic carbocycles. The molecule has 0 heteroatoms. The van der Waals surface area contributed by atoms with Crippen LogP contribution in [0.5, 0.6) is 0 Å². The van der Waals surface area contributed by atoms with Crippen LogP contribution in [0.15, 0.2) is 6.07 Å². The van der Waals surface area contributed by atoms with Crippen molar-refractivity contribution in [3.8, 4) is 11.1 Å². The highest BCUT2D eigenvalue weighted by molar-refractivity contribution is 5.82. The standard InChI is InChI=1S/C27H36/c1-14-10-23-22(15(14)2)11-21-12-27(8,9)13-24(21)26(23)25-19(6)17(4)16(3)18(5)20(25)7/h11,14-15H,10,12-13H2,1-9H3. The van der Waals surface area contributed by atoms with E-state index < -0.39 is 0 Å². The third-order valence-corrected chi connectivity index (χ3v) is 8.11. The summed E-state index contributed by atoms with van der Waals surface area (Å²) >= 11 is 0. The van der Waals surface area contributed by atoms with Crippen LogP contribution in [-0.4, -0.2) is 0 Å². The molecule has 27 heavy (non-hydrogen) atoms. The summed E-state index contributed by atoms with van der Waals surface area (Å²) in [7, 11) is 0. The summed E-state index contributed by atoms with van der Waals surface area (Å²) in [6.45, 7) is 21.4. The molecule has 2 aromatic rings. The molecule has 0 heterocycles. The lowest BCUT2D eigenvalue weighted by molar-refractivity contribution is 0.392. The van der Waals surface area contributed by atoms with E-state index in [2.05, 4.69) is 68.4 Å². The molecule has 0 amide bonds. The average molecular weight is 361 g/mol. The van der Waals surface area contributed by atoms with Crippen molar-refractivity contribution in [2.24, 2.45) is 11.3 Å². The maximum absolute atomic E-state index is 2.59. The second-order valence-corrected chi connectivity index (χ2v) is 10.4. The van der Waals surface area contributed by atoms with E-state index in [-0.39, 0.29) is 0 Å². The van der Waals surface area contributed by atoms with Crippen LogP contribution in [0.25, 0.3) is 11.1 Å². The molecule has 4 rings (SSSR count). The van der Waals surface area contributed by atoms with Gasteiger partial charge in [0.05, 0.1) is 0 Å². The fourth-order valence-corrected chi connectivity index (χ4v) is 5.87. The molecule has 2 aliphatic rings. The van der Waals surface area contributed by atoms with Gasteiger partial charge in [-0.05, 0) is 132 Å². The highest BCUT2D eigenvalue weighted by Gasteiger charge is 2.37. The molecule has 0 fully saturated rings. The number of benzene rings is 2. The molecule has 0 N–H and O–H groups in total. The number of rotatable bonds is 1. The van der Waals surface area contributed by atoms with Crippen LogP contribution in [0.4, 0.5) is 0 Å². The van der Waals surface area contributed by atoms with Crippen molar-refractivity contribution in [1.82, 2.24) is 0 Å². The number of hydrogen-bond donors (Lipinski definition) is 0. The van der Waals surface area contributed by atoms with Crippen LogP contribution in [0.3, 0.4) is 0 Å². The Kier molecular flexibility index (Phi) is 4.15. The monoisotopic (exact) mass is 360 g/mol. The SMILES string of the molecule is Cc1c(C)c(C)c(-c2c3c(cc4c2CC(C)C4C)CC(C)(C)C3)c(C)c1C. The van der Waals surface area contributed by atoms with Gasteiger partial charge in [-0.15, -0.1) is 0 Å². The molecule has 0 aromatic heterocycles. The third-order valence-electron chi connectivity index (χ3n) is 8.11. The van der Waals surface area contributed by atoms with Gasteiger partial charge in [0.1, 0.15) is 0 Å². The van der Waals surface area contributed by atoms with E-state index in [1.54, 1.807) is 33.4 Å². The van der Waals surface area contributed by atoms with Gasteiger partial charge in [0.2, 0.25) is 0 Å². The summed E-state index contributed by atoms with van der Waals surface area (Å²) in [6.07, 6.45) is 3.69. The predicted octanol–water partition coefficient (Wildman–Crippen LogP) is 7.32. The van der Waals surface area contributed by atoms with Crippen molar-refractivity contribution in [3.05, 3.63) is 56.1 Å². The Morgan fingerprint density at radius 1 is 0.741 bits per heavy atom. The normalized spacial score (nSPS) is 22.9. The molecule has 2 atom stereocenters. The maximum atomic E-state index is 2.59. The van der Waals surface area contributed by atoms with Crippen LogP contribution >= 0.6 is 0 Å². The van der Waals surface area contributed by atoms with Crippen molar-refractivity contribution >= 4 is 0 Å². The Morgan fingerprint density at radius 2 is 1.30 bits per heavy atom. The molecule has 0 saturated heterocycles. The van der Waals surface area contributed by atoms with Gasteiger partial charge >= 0.3 is 0 Å². The molecule has 0 aliphatic heterocycles. The highest BCUT2D eigenvalue weighted by atomic mass is 14.4. The zero-order chi connectivity index (χ0) is 19.8. The second kappa shape index (κ2) is 5.97. The fourth-order valence-electron chi connectivity index (χ4n) is 5.87. The molecular weight excluding hydrogens is 324 g/mol. The predicted molar refractivity (Wildman–Crippen MR) is 118 cm³/mol. The van der Waals surface area contributed by atoms with Crippen LogP contribution in [0.2, 0.25) is 0 Å². The minimum Gasteiger partial charge on any atom is -0.0616 e. The average Bonchev–Trinajstić information content (AvgIpc) is 3.06. The van der Waals surface area contributed by atoms with Gasteiger partial charge in [-0.1, -0.05) is 33.8 Å². The summed E-state index contributed by atoms with van der Waals surface area (Å²) in [5, 5.41) is 0. The van der Waals surface area contributed by atoms with Crippen molar-refractivity contribution < 1.29 is 0 Å². The molecular formula is C27H36. The first kappa shape index (κ1) is 18.8. The smallest absolute Gasteiger partial charge is 0.0108 e. The first-order chi connectivity index (χ1) is 12.5. The lowest BCUT2D eigenvalue weighted by Crippen LogP contribution is -2.10. The molecule has 144 valence electrons. The van der Waals surface area contributed by atoms with E-state index in [0.29, 0.717) is 11.3 Å². The van der Waals surface area contributed by atoms with Gasteiger partial charge in [0.15, 0.2) is 0 Å². The molecule has 0 radical (unpaired) electrons. The Morgan fingerprint density at radius 3 is 1.89 bits per heavy atom. The highest BCUT2D eigenvalue weighted by Crippen LogP contribution is 2.51. The minimum atomic E-state index is 0.387. The Labute approximate surface area is 166 Å².